The molecule has 2 rings (SSSR count). The Kier molecular flexibility index (Phi) is 5.54. The molecule has 18 heavy (non-hydrogen) atoms. The van der Waals surface area contributed by atoms with E-state index < -0.39 is 0 Å². The second-order valence-electron chi connectivity index (χ2n) is 4.85. The smallest absolute Gasteiger partial charge is 0.0584 e. The molecule has 0 bridgehead atoms. The van der Waals surface area contributed by atoms with E-state index >= 15 is 0 Å². The van der Waals surface area contributed by atoms with E-state index in [1.807, 2.05) is 18.8 Å². The monoisotopic (exact) mass is 265 g/mol. The molecule has 1 aliphatic rings. The average Bonchev–Trinajstić information content (AvgIpc) is 2.92. The summed E-state index contributed by atoms with van der Waals surface area (Å²) in [6.45, 7) is 3.14. The van der Waals surface area contributed by atoms with Crippen LogP contribution in [0.3, 0.4) is 0 Å². The Morgan fingerprint density at radius 2 is 2.17 bits per heavy atom. The lowest BCUT2D eigenvalue weighted by molar-refractivity contribution is 0.109. The Bertz CT molecular complexity index is 346. The first-order valence-electron chi connectivity index (χ1n) is 6.81. The molecule has 0 aliphatic carbocycles. The second-order valence-corrected chi connectivity index (χ2v) is 6.02. The summed E-state index contributed by atoms with van der Waals surface area (Å²) < 4.78 is 5.63. The van der Waals surface area contributed by atoms with Crippen molar-refractivity contribution in [2.24, 2.45) is 0 Å². The zero-order valence-corrected chi connectivity index (χ0v) is 12.1. The van der Waals surface area contributed by atoms with Crippen molar-refractivity contribution in [3.8, 4) is 0 Å². The molecule has 0 aromatic heterocycles. The molecule has 1 saturated heterocycles. The van der Waals surface area contributed by atoms with E-state index in [1.54, 1.807) is 0 Å². The summed E-state index contributed by atoms with van der Waals surface area (Å²) in [5.41, 5.74) is 1.35. The number of thioether (sulfide) groups is 1. The van der Waals surface area contributed by atoms with Gasteiger partial charge in [0.1, 0.15) is 0 Å². The summed E-state index contributed by atoms with van der Waals surface area (Å²) in [4.78, 5) is 1.36. The maximum Gasteiger partial charge on any atom is 0.0584 e. The molecule has 1 aromatic rings. The summed E-state index contributed by atoms with van der Waals surface area (Å²) in [6.07, 6.45) is 4.19. The highest BCUT2D eigenvalue weighted by atomic mass is 32.2. The van der Waals surface area contributed by atoms with Crippen LogP contribution in [0.4, 0.5) is 0 Å². The van der Waals surface area contributed by atoms with Crippen LogP contribution in [0.2, 0.25) is 0 Å². The maximum absolute atomic E-state index is 5.63. The van der Waals surface area contributed by atoms with Gasteiger partial charge in [-0.25, -0.2) is 0 Å². The number of hydrogen-bond acceptors (Lipinski definition) is 3. The van der Waals surface area contributed by atoms with Gasteiger partial charge in [-0.15, -0.1) is 11.8 Å². The molecular weight excluding hydrogens is 242 g/mol. The van der Waals surface area contributed by atoms with Gasteiger partial charge in [0.15, 0.2) is 0 Å². The van der Waals surface area contributed by atoms with Crippen molar-refractivity contribution >= 4 is 11.8 Å². The SMILES string of the molecule is CNC(C)c1ccc(SCCC2CCCO2)cc1. The predicted octanol–water partition coefficient (Wildman–Crippen LogP) is 3.63. The van der Waals surface area contributed by atoms with Crippen LogP contribution in [-0.4, -0.2) is 25.5 Å². The minimum atomic E-state index is 0.427. The Morgan fingerprint density at radius 1 is 1.39 bits per heavy atom. The molecule has 2 unspecified atom stereocenters. The summed E-state index contributed by atoms with van der Waals surface area (Å²) in [5.74, 6) is 1.16. The number of nitrogens with one attached hydrogen (secondary N) is 1. The third kappa shape index (κ3) is 4.01. The van der Waals surface area contributed by atoms with E-state index in [9.17, 15) is 0 Å². The van der Waals surface area contributed by atoms with Crippen molar-refractivity contribution < 1.29 is 4.74 Å². The number of rotatable bonds is 6. The minimum absolute atomic E-state index is 0.427. The van der Waals surface area contributed by atoms with Crippen molar-refractivity contribution in [3.63, 3.8) is 0 Å². The molecule has 100 valence electrons. The van der Waals surface area contributed by atoms with E-state index in [-0.39, 0.29) is 0 Å². The van der Waals surface area contributed by atoms with Gasteiger partial charge in [-0.3, -0.25) is 0 Å². The van der Waals surface area contributed by atoms with E-state index in [4.69, 9.17) is 4.74 Å². The molecule has 1 fully saturated rings. The summed E-state index contributed by atoms with van der Waals surface area (Å²) >= 11 is 1.93. The second kappa shape index (κ2) is 7.17. The molecule has 1 heterocycles. The highest BCUT2D eigenvalue weighted by molar-refractivity contribution is 7.99. The lowest BCUT2D eigenvalue weighted by Gasteiger charge is -2.11. The third-order valence-electron chi connectivity index (χ3n) is 3.55. The van der Waals surface area contributed by atoms with Crippen LogP contribution >= 0.6 is 11.8 Å². The van der Waals surface area contributed by atoms with Crippen LogP contribution < -0.4 is 5.32 Å². The average molecular weight is 265 g/mol. The first-order valence-corrected chi connectivity index (χ1v) is 7.80. The summed E-state index contributed by atoms with van der Waals surface area (Å²) in [6, 6.07) is 9.31. The van der Waals surface area contributed by atoms with Crippen LogP contribution in [0.15, 0.2) is 29.2 Å². The normalized spacial score (nSPS) is 21.1. The van der Waals surface area contributed by atoms with Gasteiger partial charge in [0, 0.05) is 23.3 Å². The molecule has 2 atom stereocenters. The van der Waals surface area contributed by atoms with Gasteiger partial charge in [0.2, 0.25) is 0 Å². The summed E-state index contributed by atoms with van der Waals surface area (Å²) in [7, 11) is 1.99. The topological polar surface area (TPSA) is 21.3 Å². The van der Waals surface area contributed by atoms with Crippen molar-refractivity contribution in [2.45, 2.75) is 43.2 Å². The van der Waals surface area contributed by atoms with Crippen molar-refractivity contribution in [3.05, 3.63) is 29.8 Å². The highest BCUT2D eigenvalue weighted by Gasteiger charge is 2.14. The van der Waals surface area contributed by atoms with Crippen LogP contribution in [0.25, 0.3) is 0 Å². The zero-order valence-electron chi connectivity index (χ0n) is 11.3. The Balaban J connectivity index is 1.75. The van der Waals surface area contributed by atoms with Gasteiger partial charge in [-0.1, -0.05) is 12.1 Å². The maximum atomic E-state index is 5.63. The first kappa shape index (κ1) is 13.9. The van der Waals surface area contributed by atoms with E-state index in [2.05, 4.69) is 36.5 Å². The fourth-order valence-electron chi connectivity index (χ4n) is 2.20. The molecule has 1 N–H and O–H groups in total. The minimum Gasteiger partial charge on any atom is -0.378 e. The molecule has 0 radical (unpaired) electrons. The Hall–Kier alpha value is -0.510. The van der Waals surface area contributed by atoms with Crippen molar-refractivity contribution in [2.75, 3.05) is 19.4 Å². The Morgan fingerprint density at radius 3 is 2.78 bits per heavy atom. The van der Waals surface area contributed by atoms with Gasteiger partial charge >= 0.3 is 0 Å². The largest absolute Gasteiger partial charge is 0.378 e. The van der Waals surface area contributed by atoms with Crippen LogP contribution in [0.1, 0.15) is 37.8 Å². The van der Waals surface area contributed by atoms with Crippen LogP contribution in [0, 0.1) is 0 Å². The number of hydrogen-bond donors (Lipinski definition) is 1. The fraction of sp³-hybridized carbons (Fsp3) is 0.600. The van der Waals surface area contributed by atoms with Gasteiger partial charge < -0.3 is 10.1 Å². The van der Waals surface area contributed by atoms with Crippen molar-refractivity contribution in [1.29, 1.82) is 0 Å². The van der Waals surface area contributed by atoms with E-state index in [1.165, 1.54) is 29.7 Å². The third-order valence-corrected chi connectivity index (χ3v) is 4.59. The molecule has 0 saturated carbocycles. The molecule has 2 nitrogen and oxygen atoms in total. The van der Waals surface area contributed by atoms with Crippen LogP contribution in [-0.2, 0) is 4.74 Å². The standard InChI is InChI=1S/C15H23NOS/c1-12(16-2)13-5-7-15(8-6-13)18-11-9-14-4-3-10-17-14/h5-8,12,14,16H,3-4,9-11H2,1-2H3. The van der Waals surface area contributed by atoms with Crippen LogP contribution in [0.5, 0.6) is 0 Å². The zero-order chi connectivity index (χ0) is 12.8. The lowest BCUT2D eigenvalue weighted by atomic mass is 10.1. The molecule has 0 spiro atoms. The lowest BCUT2D eigenvalue weighted by Crippen LogP contribution is -2.11. The highest BCUT2D eigenvalue weighted by Crippen LogP contribution is 2.24. The quantitative estimate of drug-likeness (QED) is 0.794. The first-order chi connectivity index (χ1) is 8.79. The molecular formula is C15H23NOS. The predicted molar refractivity (Wildman–Crippen MR) is 78.2 cm³/mol. The molecule has 1 aliphatic heterocycles. The summed E-state index contributed by atoms with van der Waals surface area (Å²) in [5, 5.41) is 3.26. The van der Waals surface area contributed by atoms with Gasteiger partial charge in [0.25, 0.3) is 0 Å². The molecule has 3 heteroatoms. The van der Waals surface area contributed by atoms with Gasteiger partial charge in [-0.2, -0.15) is 0 Å². The molecule has 1 aromatic carbocycles. The fourth-order valence-corrected chi connectivity index (χ4v) is 3.14. The van der Waals surface area contributed by atoms with Crippen molar-refractivity contribution in [1.82, 2.24) is 5.32 Å². The molecule has 0 amide bonds. The van der Waals surface area contributed by atoms with Gasteiger partial charge in [0.05, 0.1) is 6.10 Å². The van der Waals surface area contributed by atoms with E-state index in [0.717, 1.165) is 12.4 Å². The number of ether oxygens (including phenoxy) is 1. The van der Waals surface area contributed by atoms with E-state index in [0.29, 0.717) is 12.1 Å². The Labute approximate surface area is 114 Å². The van der Waals surface area contributed by atoms with Gasteiger partial charge in [-0.05, 0) is 50.9 Å². The number of benzene rings is 1.